The molecule has 0 fully saturated rings. The number of rotatable bonds is 10. The topological polar surface area (TPSA) is 66.6 Å². The monoisotopic (exact) mass is 397 g/mol. The van der Waals surface area contributed by atoms with E-state index in [0.29, 0.717) is 23.6 Å². The van der Waals surface area contributed by atoms with Gasteiger partial charge in [-0.05, 0) is 43.4 Å². The Morgan fingerprint density at radius 1 is 1.00 bits per heavy atom. The fourth-order valence-electron chi connectivity index (χ4n) is 2.82. The molecule has 1 aromatic rings. The van der Waals surface area contributed by atoms with Crippen LogP contribution in [0.25, 0.3) is 0 Å². The quantitative estimate of drug-likeness (QED) is 0.652. The molecule has 1 aromatic carbocycles. The molecule has 6 heteroatoms. The maximum atomic E-state index is 12.7. The average molecular weight is 398 g/mol. The Bertz CT molecular complexity index is 587. The van der Waals surface area contributed by atoms with Crippen molar-refractivity contribution < 1.29 is 9.59 Å². The van der Waals surface area contributed by atoms with Crippen LogP contribution in [0, 0.1) is 5.92 Å². The van der Waals surface area contributed by atoms with E-state index >= 15 is 0 Å². The summed E-state index contributed by atoms with van der Waals surface area (Å²) in [5.74, 6) is 0.309. The standard InChI is InChI=1S/C21H35N3O2.ClH/c1-6-12-24(13-7-2)21(26)18-10-8-9-17(15-18)20(25)23(5)14-11-19(22)16(3)4;/h8-10,15-16,19H,6-7,11-14,22H2,1-5H3;1H. The number of amides is 2. The summed E-state index contributed by atoms with van der Waals surface area (Å²) in [5, 5.41) is 0. The first-order valence-electron chi connectivity index (χ1n) is 9.72. The van der Waals surface area contributed by atoms with Crippen LogP contribution >= 0.6 is 12.4 Å². The second-order valence-electron chi connectivity index (χ2n) is 7.30. The van der Waals surface area contributed by atoms with E-state index < -0.39 is 0 Å². The van der Waals surface area contributed by atoms with Crippen LogP contribution in [0.1, 0.15) is 67.7 Å². The van der Waals surface area contributed by atoms with Crippen molar-refractivity contribution in [3.05, 3.63) is 35.4 Å². The van der Waals surface area contributed by atoms with Crippen LogP contribution in [0.15, 0.2) is 24.3 Å². The maximum absolute atomic E-state index is 12.7. The van der Waals surface area contributed by atoms with Gasteiger partial charge in [0.15, 0.2) is 0 Å². The summed E-state index contributed by atoms with van der Waals surface area (Å²) in [6.45, 7) is 10.4. The molecule has 2 amide bonds. The Hall–Kier alpha value is -1.59. The fraction of sp³-hybridized carbons (Fsp3) is 0.619. The number of carbonyl (C=O) groups is 2. The first-order chi connectivity index (χ1) is 12.3. The van der Waals surface area contributed by atoms with Crippen molar-refractivity contribution in [3.63, 3.8) is 0 Å². The molecule has 2 N–H and O–H groups in total. The SMILES string of the molecule is CCCN(CCC)C(=O)c1cccc(C(=O)N(C)CCC(N)C(C)C)c1.Cl. The average Bonchev–Trinajstić information content (AvgIpc) is 2.64. The van der Waals surface area contributed by atoms with Crippen LogP contribution in [-0.2, 0) is 0 Å². The predicted octanol–water partition coefficient (Wildman–Crippen LogP) is 3.82. The fourth-order valence-corrected chi connectivity index (χ4v) is 2.82. The Kier molecular flexibility index (Phi) is 12.0. The van der Waals surface area contributed by atoms with Crippen molar-refractivity contribution in [2.45, 2.75) is 53.0 Å². The minimum absolute atomic E-state index is 0. The van der Waals surface area contributed by atoms with Gasteiger partial charge in [0.25, 0.3) is 11.8 Å². The molecule has 0 bridgehead atoms. The summed E-state index contributed by atoms with van der Waals surface area (Å²) in [5.41, 5.74) is 7.19. The van der Waals surface area contributed by atoms with E-state index in [1.807, 2.05) is 4.90 Å². The molecule has 1 rings (SSSR count). The first kappa shape index (κ1) is 25.4. The molecule has 0 aliphatic heterocycles. The Morgan fingerprint density at radius 2 is 1.52 bits per heavy atom. The molecule has 0 aliphatic carbocycles. The molecule has 27 heavy (non-hydrogen) atoms. The van der Waals surface area contributed by atoms with Crippen LogP contribution in [0.4, 0.5) is 0 Å². The van der Waals surface area contributed by atoms with E-state index in [-0.39, 0.29) is 30.3 Å². The lowest BCUT2D eigenvalue weighted by atomic mass is 10.0. The lowest BCUT2D eigenvalue weighted by Gasteiger charge is -2.23. The highest BCUT2D eigenvalue weighted by Crippen LogP contribution is 2.12. The summed E-state index contributed by atoms with van der Waals surface area (Å²) in [6.07, 6.45) is 2.60. The van der Waals surface area contributed by atoms with E-state index in [0.717, 1.165) is 32.4 Å². The maximum Gasteiger partial charge on any atom is 0.253 e. The van der Waals surface area contributed by atoms with E-state index in [4.69, 9.17) is 5.73 Å². The van der Waals surface area contributed by atoms with Crippen LogP contribution in [0.3, 0.4) is 0 Å². The molecule has 0 aliphatic rings. The summed E-state index contributed by atoms with van der Waals surface area (Å²) < 4.78 is 0. The summed E-state index contributed by atoms with van der Waals surface area (Å²) in [6, 6.07) is 7.12. The molecule has 0 spiro atoms. The van der Waals surface area contributed by atoms with Gasteiger partial charge in [-0.3, -0.25) is 9.59 Å². The molecule has 5 nitrogen and oxygen atoms in total. The molecule has 0 saturated carbocycles. The van der Waals surface area contributed by atoms with Crippen molar-refractivity contribution in [3.8, 4) is 0 Å². The Morgan fingerprint density at radius 3 is 2.00 bits per heavy atom. The van der Waals surface area contributed by atoms with Crippen LogP contribution in [0.5, 0.6) is 0 Å². The van der Waals surface area contributed by atoms with Gasteiger partial charge in [-0.2, -0.15) is 0 Å². The third-order valence-corrected chi connectivity index (χ3v) is 4.63. The summed E-state index contributed by atoms with van der Waals surface area (Å²) in [4.78, 5) is 29.0. The molecule has 154 valence electrons. The second-order valence-corrected chi connectivity index (χ2v) is 7.30. The number of hydrogen-bond acceptors (Lipinski definition) is 3. The number of benzene rings is 1. The number of carbonyl (C=O) groups excluding carboxylic acids is 2. The predicted molar refractivity (Wildman–Crippen MR) is 115 cm³/mol. The Balaban J connectivity index is 0.00000676. The van der Waals surface area contributed by atoms with E-state index in [1.54, 1.807) is 36.2 Å². The molecule has 0 radical (unpaired) electrons. The zero-order chi connectivity index (χ0) is 19.7. The van der Waals surface area contributed by atoms with Gasteiger partial charge < -0.3 is 15.5 Å². The summed E-state index contributed by atoms with van der Waals surface area (Å²) >= 11 is 0. The van der Waals surface area contributed by atoms with Crippen LogP contribution < -0.4 is 5.73 Å². The van der Waals surface area contributed by atoms with Crippen LogP contribution in [-0.4, -0.2) is 54.3 Å². The van der Waals surface area contributed by atoms with E-state index in [9.17, 15) is 9.59 Å². The summed E-state index contributed by atoms with van der Waals surface area (Å²) in [7, 11) is 1.78. The normalized spacial score (nSPS) is 11.7. The van der Waals surface area contributed by atoms with Gasteiger partial charge in [0.05, 0.1) is 0 Å². The van der Waals surface area contributed by atoms with E-state index in [2.05, 4.69) is 27.7 Å². The van der Waals surface area contributed by atoms with Gasteiger partial charge in [-0.15, -0.1) is 12.4 Å². The van der Waals surface area contributed by atoms with Gasteiger partial charge in [-0.25, -0.2) is 0 Å². The number of hydrogen-bond donors (Lipinski definition) is 1. The Labute approximate surface area is 170 Å². The second kappa shape index (κ2) is 12.7. The van der Waals surface area contributed by atoms with Gasteiger partial charge in [0, 0.05) is 43.9 Å². The van der Waals surface area contributed by atoms with Gasteiger partial charge in [0.1, 0.15) is 0 Å². The molecular formula is C21H36ClN3O2. The van der Waals surface area contributed by atoms with Crippen molar-refractivity contribution in [2.75, 3.05) is 26.7 Å². The molecule has 0 saturated heterocycles. The van der Waals surface area contributed by atoms with Crippen molar-refractivity contribution in [2.24, 2.45) is 11.7 Å². The van der Waals surface area contributed by atoms with Crippen molar-refractivity contribution >= 4 is 24.2 Å². The molecule has 0 heterocycles. The van der Waals surface area contributed by atoms with E-state index in [1.165, 1.54) is 0 Å². The number of nitrogens with two attached hydrogens (primary N) is 1. The van der Waals surface area contributed by atoms with Crippen LogP contribution in [0.2, 0.25) is 0 Å². The van der Waals surface area contributed by atoms with Gasteiger partial charge >= 0.3 is 0 Å². The zero-order valence-corrected chi connectivity index (χ0v) is 18.2. The molecule has 1 atom stereocenters. The van der Waals surface area contributed by atoms with Crippen molar-refractivity contribution in [1.82, 2.24) is 9.80 Å². The van der Waals surface area contributed by atoms with Gasteiger partial charge in [-0.1, -0.05) is 33.8 Å². The zero-order valence-electron chi connectivity index (χ0n) is 17.4. The molecule has 1 unspecified atom stereocenters. The smallest absolute Gasteiger partial charge is 0.253 e. The highest BCUT2D eigenvalue weighted by Gasteiger charge is 2.18. The third-order valence-electron chi connectivity index (χ3n) is 4.63. The number of nitrogens with zero attached hydrogens (tertiary/aromatic N) is 2. The highest BCUT2D eigenvalue weighted by atomic mass is 35.5. The lowest BCUT2D eigenvalue weighted by Crippen LogP contribution is -2.35. The molecular weight excluding hydrogens is 362 g/mol. The minimum atomic E-state index is -0.0758. The van der Waals surface area contributed by atoms with Crippen molar-refractivity contribution in [1.29, 1.82) is 0 Å². The number of halogens is 1. The highest BCUT2D eigenvalue weighted by molar-refractivity contribution is 5.99. The largest absolute Gasteiger partial charge is 0.342 e. The third kappa shape index (κ3) is 7.89. The molecule has 0 aromatic heterocycles. The minimum Gasteiger partial charge on any atom is -0.342 e. The lowest BCUT2D eigenvalue weighted by molar-refractivity contribution is 0.0755. The first-order valence-corrected chi connectivity index (χ1v) is 9.72. The van der Waals surface area contributed by atoms with Gasteiger partial charge in [0.2, 0.25) is 0 Å².